The summed E-state index contributed by atoms with van der Waals surface area (Å²) < 4.78 is 2.81. The second-order valence-electron chi connectivity index (χ2n) is 5.91. The van der Waals surface area contributed by atoms with E-state index in [4.69, 9.17) is 0 Å². The summed E-state index contributed by atoms with van der Waals surface area (Å²) in [5, 5.41) is 7.69. The third-order valence-corrected chi connectivity index (χ3v) is 4.90. The quantitative estimate of drug-likeness (QED) is 0.895. The van der Waals surface area contributed by atoms with Gasteiger partial charge >= 0.3 is 0 Å². The summed E-state index contributed by atoms with van der Waals surface area (Å²) in [7, 11) is 1.95. The van der Waals surface area contributed by atoms with Crippen LogP contribution >= 0.6 is 15.9 Å². The fourth-order valence-corrected chi connectivity index (χ4v) is 3.44. The second kappa shape index (κ2) is 6.84. The standard InChI is InChI=1S/C17H21BrN4O/c1-12-16(17(23)21-8-4-6-14(11-21)19-2)10-20-22(12)15-7-3-5-13(18)9-15/h3,5,7,9-10,14,19H,4,6,8,11H2,1-2H3. The van der Waals surface area contributed by atoms with E-state index in [9.17, 15) is 4.79 Å². The predicted octanol–water partition coefficient (Wildman–Crippen LogP) is 2.77. The van der Waals surface area contributed by atoms with Crippen molar-refractivity contribution >= 4 is 21.8 Å². The molecular formula is C17H21BrN4O. The molecule has 1 fully saturated rings. The van der Waals surface area contributed by atoms with Crippen LogP contribution in [0.4, 0.5) is 0 Å². The van der Waals surface area contributed by atoms with Crippen molar-refractivity contribution in [1.29, 1.82) is 0 Å². The molecular weight excluding hydrogens is 356 g/mol. The lowest BCUT2D eigenvalue weighted by molar-refractivity contribution is 0.0697. The number of likely N-dealkylation sites (tertiary alicyclic amines) is 1. The first-order valence-electron chi connectivity index (χ1n) is 7.87. The van der Waals surface area contributed by atoms with Gasteiger partial charge in [0.2, 0.25) is 0 Å². The molecule has 1 N–H and O–H groups in total. The number of amides is 1. The van der Waals surface area contributed by atoms with Gasteiger partial charge in [0.15, 0.2) is 0 Å². The minimum absolute atomic E-state index is 0.0729. The van der Waals surface area contributed by atoms with E-state index < -0.39 is 0 Å². The van der Waals surface area contributed by atoms with Crippen molar-refractivity contribution < 1.29 is 4.79 Å². The zero-order valence-electron chi connectivity index (χ0n) is 13.4. The van der Waals surface area contributed by atoms with Gasteiger partial charge in [-0.2, -0.15) is 5.10 Å². The SMILES string of the molecule is CNC1CCCN(C(=O)c2cnn(-c3cccc(Br)c3)c2C)C1. The molecule has 0 bridgehead atoms. The van der Waals surface area contributed by atoms with Crippen LogP contribution in [0.1, 0.15) is 28.9 Å². The maximum atomic E-state index is 12.8. The number of piperidine rings is 1. The average Bonchev–Trinajstić information content (AvgIpc) is 2.96. The molecule has 1 saturated heterocycles. The van der Waals surface area contributed by atoms with Gasteiger partial charge in [-0.25, -0.2) is 4.68 Å². The lowest BCUT2D eigenvalue weighted by Crippen LogP contribution is -2.47. The number of halogens is 1. The normalized spacial score (nSPS) is 18.2. The zero-order chi connectivity index (χ0) is 16.4. The molecule has 0 radical (unpaired) electrons. The Labute approximate surface area is 144 Å². The number of hydrogen-bond donors (Lipinski definition) is 1. The van der Waals surface area contributed by atoms with Crippen LogP contribution in [0.5, 0.6) is 0 Å². The van der Waals surface area contributed by atoms with Crippen LogP contribution in [0.3, 0.4) is 0 Å². The number of likely N-dealkylation sites (N-methyl/N-ethyl adjacent to an activating group) is 1. The van der Waals surface area contributed by atoms with E-state index in [1.165, 1.54) is 0 Å². The van der Waals surface area contributed by atoms with Crippen molar-refractivity contribution in [3.05, 3.63) is 46.2 Å². The maximum Gasteiger partial charge on any atom is 0.257 e. The molecule has 0 saturated carbocycles. The predicted molar refractivity (Wildman–Crippen MR) is 94.0 cm³/mol. The number of nitrogens with one attached hydrogen (secondary N) is 1. The molecule has 1 aromatic carbocycles. The summed E-state index contributed by atoms with van der Waals surface area (Å²) in [6.07, 6.45) is 3.84. The largest absolute Gasteiger partial charge is 0.337 e. The molecule has 122 valence electrons. The zero-order valence-corrected chi connectivity index (χ0v) is 15.0. The molecule has 23 heavy (non-hydrogen) atoms. The molecule has 2 heterocycles. The van der Waals surface area contributed by atoms with Crippen LogP contribution in [0, 0.1) is 6.92 Å². The Morgan fingerprint density at radius 2 is 2.26 bits per heavy atom. The highest BCUT2D eigenvalue weighted by Crippen LogP contribution is 2.20. The Bertz CT molecular complexity index is 712. The lowest BCUT2D eigenvalue weighted by atomic mass is 10.0. The first-order valence-corrected chi connectivity index (χ1v) is 8.66. The molecule has 6 heteroatoms. The van der Waals surface area contributed by atoms with Crippen LogP contribution in [-0.2, 0) is 0 Å². The topological polar surface area (TPSA) is 50.2 Å². The minimum Gasteiger partial charge on any atom is -0.337 e. The highest BCUT2D eigenvalue weighted by molar-refractivity contribution is 9.10. The Hall–Kier alpha value is -1.66. The van der Waals surface area contributed by atoms with Gasteiger partial charge in [0.25, 0.3) is 5.91 Å². The summed E-state index contributed by atoms with van der Waals surface area (Å²) in [5.41, 5.74) is 2.50. The van der Waals surface area contributed by atoms with E-state index in [0.717, 1.165) is 41.8 Å². The Morgan fingerprint density at radius 1 is 1.43 bits per heavy atom. The number of aromatic nitrogens is 2. The Balaban J connectivity index is 1.85. The van der Waals surface area contributed by atoms with Gasteiger partial charge in [-0.05, 0) is 45.0 Å². The number of rotatable bonds is 3. The van der Waals surface area contributed by atoms with Crippen LogP contribution in [0.25, 0.3) is 5.69 Å². The highest BCUT2D eigenvalue weighted by Gasteiger charge is 2.26. The molecule has 0 spiro atoms. The highest BCUT2D eigenvalue weighted by atomic mass is 79.9. The summed E-state index contributed by atoms with van der Waals surface area (Å²) in [6, 6.07) is 8.29. The number of benzene rings is 1. The summed E-state index contributed by atoms with van der Waals surface area (Å²) in [5.74, 6) is 0.0729. The van der Waals surface area contributed by atoms with E-state index in [-0.39, 0.29) is 5.91 Å². The van der Waals surface area contributed by atoms with Gasteiger partial charge in [0.1, 0.15) is 0 Å². The Morgan fingerprint density at radius 3 is 3.00 bits per heavy atom. The first kappa shape index (κ1) is 16.2. The van der Waals surface area contributed by atoms with E-state index >= 15 is 0 Å². The van der Waals surface area contributed by atoms with Gasteiger partial charge in [-0.15, -0.1) is 0 Å². The third-order valence-electron chi connectivity index (χ3n) is 4.41. The van der Waals surface area contributed by atoms with Crippen molar-refractivity contribution in [1.82, 2.24) is 20.0 Å². The molecule has 1 aliphatic heterocycles. The number of nitrogens with zero attached hydrogens (tertiary/aromatic N) is 3. The third kappa shape index (κ3) is 3.33. The fourth-order valence-electron chi connectivity index (χ4n) is 3.06. The van der Waals surface area contributed by atoms with Gasteiger partial charge < -0.3 is 10.2 Å². The molecule has 0 aliphatic carbocycles. The molecule has 3 rings (SSSR count). The fraction of sp³-hybridized carbons (Fsp3) is 0.412. The Kier molecular flexibility index (Phi) is 4.82. The molecule has 5 nitrogen and oxygen atoms in total. The average molecular weight is 377 g/mol. The molecule has 1 aromatic heterocycles. The van der Waals surface area contributed by atoms with Crippen molar-refractivity contribution in [3.8, 4) is 5.69 Å². The van der Waals surface area contributed by atoms with Crippen molar-refractivity contribution in [2.45, 2.75) is 25.8 Å². The van der Waals surface area contributed by atoms with Gasteiger partial charge in [-0.3, -0.25) is 4.79 Å². The minimum atomic E-state index is 0.0729. The smallest absolute Gasteiger partial charge is 0.257 e. The number of carbonyl (C=O) groups is 1. The van der Waals surface area contributed by atoms with Crippen molar-refractivity contribution in [3.63, 3.8) is 0 Å². The number of carbonyl (C=O) groups excluding carboxylic acids is 1. The molecule has 1 unspecified atom stereocenters. The summed E-state index contributed by atoms with van der Waals surface area (Å²) in [4.78, 5) is 14.8. The van der Waals surface area contributed by atoms with Crippen molar-refractivity contribution in [2.75, 3.05) is 20.1 Å². The number of hydrogen-bond acceptors (Lipinski definition) is 3. The van der Waals surface area contributed by atoms with Gasteiger partial charge in [0, 0.05) is 23.6 Å². The molecule has 1 aliphatic rings. The van der Waals surface area contributed by atoms with Crippen LogP contribution in [0.2, 0.25) is 0 Å². The lowest BCUT2D eigenvalue weighted by Gasteiger charge is -2.32. The monoisotopic (exact) mass is 376 g/mol. The van der Waals surface area contributed by atoms with Crippen molar-refractivity contribution in [2.24, 2.45) is 0 Å². The van der Waals surface area contributed by atoms with Crippen LogP contribution in [-0.4, -0.2) is 46.8 Å². The van der Waals surface area contributed by atoms with Gasteiger partial charge in [-0.1, -0.05) is 22.0 Å². The van der Waals surface area contributed by atoms with E-state index in [1.807, 2.05) is 47.8 Å². The maximum absolute atomic E-state index is 12.8. The molecule has 2 aromatic rings. The van der Waals surface area contributed by atoms with Gasteiger partial charge in [0.05, 0.1) is 23.1 Å². The van der Waals surface area contributed by atoms with Crippen LogP contribution in [0.15, 0.2) is 34.9 Å². The molecule has 1 amide bonds. The summed E-state index contributed by atoms with van der Waals surface area (Å²) in [6.45, 7) is 3.52. The first-order chi connectivity index (χ1) is 11.1. The van der Waals surface area contributed by atoms with E-state index in [1.54, 1.807) is 6.20 Å². The second-order valence-corrected chi connectivity index (χ2v) is 6.83. The summed E-state index contributed by atoms with van der Waals surface area (Å²) >= 11 is 3.47. The molecule has 1 atom stereocenters. The van der Waals surface area contributed by atoms with E-state index in [0.29, 0.717) is 11.6 Å². The van der Waals surface area contributed by atoms with Crippen LogP contribution < -0.4 is 5.32 Å². The van der Waals surface area contributed by atoms with E-state index in [2.05, 4.69) is 26.3 Å².